The van der Waals surface area contributed by atoms with E-state index in [0.29, 0.717) is 35.4 Å². The molecule has 2 aliphatic carbocycles. The van der Waals surface area contributed by atoms with Crippen LogP contribution < -0.4 is 15.5 Å². The number of carbonyl (C=O) groups excluding carboxylic acids is 3. The van der Waals surface area contributed by atoms with Crippen LogP contribution in [-0.2, 0) is 15.0 Å². The SMILES string of the molecule is O=C1NCC(c2cc([C@H]3C[C@@H]3c3ccc4c(c3)N(CC(F)(F)F)C(=O)C43CC3)c3nccn3n2)C(=O)N1. The summed E-state index contributed by atoms with van der Waals surface area (Å²) in [7, 11) is 0. The molecule has 4 heterocycles. The van der Waals surface area contributed by atoms with Crippen LogP contribution in [0.25, 0.3) is 5.65 Å². The number of carbonyl (C=O) groups is 3. The Morgan fingerprint density at radius 2 is 1.92 bits per heavy atom. The molecule has 3 aromatic rings. The molecule has 37 heavy (non-hydrogen) atoms. The molecule has 2 aromatic heterocycles. The van der Waals surface area contributed by atoms with Crippen LogP contribution in [0.15, 0.2) is 36.7 Å². The first kappa shape index (κ1) is 22.3. The summed E-state index contributed by atoms with van der Waals surface area (Å²) in [5.41, 5.74) is 3.15. The van der Waals surface area contributed by atoms with E-state index in [1.807, 2.05) is 18.2 Å². The number of imide groups is 1. The van der Waals surface area contributed by atoms with E-state index in [0.717, 1.165) is 22.4 Å². The van der Waals surface area contributed by atoms with E-state index in [-0.39, 0.29) is 18.4 Å². The van der Waals surface area contributed by atoms with Gasteiger partial charge < -0.3 is 10.2 Å². The molecule has 4 amide bonds. The number of nitrogens with zero attached hydrogens (tertiary/aromatic N) is 4. The molecule has 1 saturated heterocycles. The van der Waals surface area contributed by atoms with E-state index in [4.69, 9.17) is 0 Å². The van der Waals surface area contributed by atoms with Crippen molar-refractivity contribution < 1.29 is 27.6 Å². The van der Waals surface area contributed by atoms with Gasteiger partial charge in [-0.1, -0.05) is 12.1 Å². The van der Waals surface area contributed by atoms with Crippen LogP contribution in [0, 0.1) is 0 Å². The van der Waals surface area contributed by atoms with E-state index in [2.05, 4.69) is 20.7 Å². The molecule has 2 aliphatic heterocycles. The third-order valence-corrected chi connectivity index (χ3v) is 7.97. The quantitative estimate of drug-likeness (QED) is 0.561. The Morgan fingerprint density at radius 1 is 1.11 bits per heavy atom. The van der Waals surface area contributed by atoms with Gasteiger partial charge in [-0.3, -0.25) is 14.9 Å². The number of halogens is 3. The molecule has 9 nitrogen and oxygen atoms in total. The summed E-state index contributed by atoms with van der Waals surface area (Å²) < 4.78 is 41.5. The van der Waals surface area contributed by atoms with Gasteiger partial charge in [0, 0.05) is 30.2 Å². The van der Waals surface area contributed by atoms with Crippen molar-refractivity contribution in [2.75, 3.05) is 18.0 Å². The monoisotopic (exact) mass is 510 g/mol. The highest BCUT2D eigenvalue weighted by Crippen LogP contribution is 2.60. The average Bonchev–Trinajstić information content (AvgIpc) is 3.75. The van der Waals surface area contributed by atoms with Crippen molar-refractivity contribution in [3.05, 3.63) is 59.0 Å². The van der Waals surface area contributed by atoms with Crippen molar-refractivity contribution in [3.63, 3.8) is 0 Å². The Labute approximate surface area is 208 Å². The number of amides is 4. The Hall–Kier alpha value is -3.96. The molecular weight excluding hydrogens is 489 g/mol. The normalized spacial score (nSPS) is 25.9. The van der Waals surface area contributed by atoms with Crippen molar-refractivity contribution in [2.24, 2.45) is 0 Å². The fraction of sp³-hybridized carbons (Fsp3) is 0.400. The van der Waals surface area contributed by atoms with Crippen molar-refractivity contribution in [2.45, 2.75) is 48.6 Å². The Morgan fingerprint density at radius 3 is 2.65 bits per heavy atom. The van der Waals surface area contributed by atoms with Crippen LogP contribution >= 0.6 is 0 Å². The summed E-state index contributed by atoms with van der Waals surface area (Å²) in [6.45, 7) is -1.17. The fourth-order valence-corrected chi connectivity index (χ4v) is 5.92. The van der Waals surface area contributed by atoms with Crippen LogP contribution in [0.3, 0.4) is 0 Å². The smallest absolute Gasteiger partial charge is 0.337 e. The van der Waals surface area contributed by atoms with E-state index >= 15 is 0 Å². The van der Waals surface area contributed by atoms with Crippen LogP contribution in [-0.4, -0.2) is 51.7 Å². The van der Waals surface area contributed by atoms with E-state index in [9.17, 15) is 27.6 Å². The number of anilines is 1. The maximum Gasteiger partial charge on any atom is 0.406 e. The highest BCUT2D eigenvalue weighted by Gasteiger charge is 2.60. The van der Waals surface area contributed by atoms with Gasteiger partial charge in [-0.15, -0.1) is 0 Å². The van der Waals surface area contributed by atoms with Gasteiger partial charge in [-0.25, -0.2) is 14.3 Å². The number of benzene rings is 1. The molecule has 4 aliphatic rings. The standard InChI is InChI=1S/C25H21F3N6O3/c26-25(27,28)11-33-19-7-12(1-2-17(19)24(3-4-24)22(33)36)13-8-14(13)15-9-18(32-34-6-5-29-20(15)34)16-10-30-23(37)31-21(16)35/h1-2,5-7,9,13-14,16H,3-4,8,10-11H2,(H2,30,31,35,37)/t13-,14+,16?/m1/s1. The van der Waals surface area contributed by atoms with Gasteiger partial charge in [0.1, 0.15) is 6.54 Å². The number of nitrogens with one attached hydrogen (secondary N) is 2. The molecule has 7 rings (SSSR count). The number of alkyl halides is 3. The summed E-state index contributed by atoms with van der Waals surface area (Å²) in [5.74, 6) is -1.50. The van der Waals surface area contributed by atoms with Crippen molar-refractivity contribution in [1.29, 1.82) is 0 Å². The van der Waals surface area contributed by atoms with Gasteiger partial charge in [-0.05, 0) is 54.4 Å². The fourth-order valence-electron chi connectivity index (χ4n) is 5.92. The summed E-state index contributed by atoms with van der Waals surface area (Å²) in [4.78, 5) is 42.2. The predicted octanol–water partition coefficient (Wildman–Crippen LogP) is 2.86. The molecule has 1 unspecified atom stereocenters. The van der Waals surface area contributed by atoms with Gasteiger partial charge in [0.15, 0.2) is 5.65 Å². The lowest BCUT2D eigenvalue weighted by atomic mass is 9.95. The number of aromatic nitrogens is 3. The lowest BCUT2D eigenvalue weighted by molar-refractivity contribution is -0.132. The van der Waals surface area contributed by atoms with E-state index in [1.165, 1.54) is 0 Å². The van der Waals surface area contributed by atoms with Gasteiger partial charge in [0.2, 0.25) is 11.8 Å². The highest BCUT2D eigenvalue weighted by molar-refractivity contribution is 6.10. The number of fused-ring (bicyclic) bond motifs is 3. The molecule has 0 bridgehead atoms. The zero-order valence-electron chi connectivity index (χ0n) is 19.4. The van der Waals surface area contributed by atoms with Gasteiger partial charge in [0.25, 0.3) is 0 Å². The first-order valence-electron chi connectivity index (χ1n) is 12.1. The van der Waals surface area contributed by atoms with Gasteiger partial charge in [0.05, 0.1) is 17.0 Å². The van der Waals surface area contributed by atoms with Crippen LogP contribution in [0.4, 0.5) is 23.7 Å². The average molecular weight is 510 g/mol. The van der Waals surface area contributed by atoms with Crippen LogP contribution in [0.5, 0.6) is 0 Å². The molecule has 1 spiro atoms. The molecular formula is C25H21F3N6O3. The third-order valence-electron chi connectivity index (χ3n) is 7.97. The van der Waals surface area contributed by atoms with Gasteiger partial charge in [-0.2, -0.15) is 18.3 Å². The number of imidazole rings is 1. The first-order valence-corrected chi connectivity index (χ1v) is 12.1. The lowest BCUT2D eigenvalue weighted by Gasteiger charge is -2.22. The summed E-state index contributed by atoms with van der Waals surface area (Å²) in [6.07, 6.45) is 0.703. The minimum absolute atomic E-state index is 0.0222. The Balaban J connectivity index is 1.22. The Bertz CT molecular complexity index is 1510. The molecule has 2 saturated carbocycles. The maximum atomic E-state index is 13.3. The zero-order chi connectivity index (χ0) is 25.7. The minimum Gasteiger partial charge on any atom is -0.337 e. The number of urea groups is 1. The summed E-state index contributed by atoms with van der Waals surface area (Å²) in [5, 5.41) is 9.39. The van der Waals surface area contributed by atoms with Crippen LogP contribution in [0.2, 0.25) is 0 Å². The summed E-state index contributed by atoms with van der Waals surface area (Å²) >= 11 is 0. The maximum absolute atomic E-state index is 13.3. The second-order valence-corrected chi connectivity index (χ2v) is 10.3. The molecule has 3 atom stereocenters. The van der Waals surface area contributed by atoms with Crippen molar-refractivity contribution >= 4 is 29.2 Å². The van der Waals surface area contributed by atoms with Crippen molar-refractivity contribution in [1.82, 2.24) is 25.2 Å². The molecule has 3 fully saturated rings. The van der Waals surface area contributed by atoms with E-state index in [1.54, 1.807) is 23.0 Å². The molecule has 2 N–H and O–H groups in total. The predicted molar refractivity (Wildman–Crippen MR) is 123 cm³/mol. The second kappa shape index (κ2) is 7.30. The summed E-state index contributed by atoms with van der Waals surface area (Å²) in [6, 6.07) is 6.77. The molecule has 1 aromatic carbocycles. The largest absolute Gasteiger partial charge is 0.406 e. The molecule has 0 radical (unpaired) electrons. The lowest BCUT2D eigenvalue weighted by Crippen LogP contribution is -2.51. The number of hydrogen-bond acceptors (Lipinski definition) is 5. The second-order valence-electron chi connectivity index (χ2n) is 10.3. The van der Waals surface area contributed by atoms with Gasteiger partial charge >= 0.3 is 12.2 Å². The van der Waals surface area contributed by atoms with Crippen LogP contribution in [0.1, 0.15) is 59.4 Å². The minimum atomic E-state index is -4.49. The molecule has 190 valence electrons. The van der Waals surface area contributed by atoms with Crippen molar-refractivity contribution in [3.8, 4) is 0 Å². The zero-order valence-corrected chi connectivity index (χ0v) is 19.4. The highest BCUT2D eigenvalue weighted by atomic mass is 19.4. The molecule has 12 heteroatoms. The third kappa shape index (κ3) is 3.41. The number of rotatable bonds is 4. The first-order chi connectivity index (χ1) is 17.6. The Kier molecular flexibility index (Phi) is 4.39. The topological polar surface area (TPSA) is 109 Å². The van der Waals surface area contributed by atoms with E-state index < -0.39 is 41.9 Å². The number of hydrogen-bond donors (Lipinski definition) is 2.